The molecule has 2 aliphatic carbocycles. The smallest absolute Gasteiger partial charge is 0.356 e. The predicted molar refractivity (Wildman–Crippen MR) is 105 cm³/mol. The van der Waals surface area contributed by atoms with Gasteiger partial charge in [-0.1, -0.05) is 12.2 Å². The summed E-state index contributed by atoms with van der Waals surface area (Å²) in [6.07, 6.45) is 0.372. The van der Waals surface area contributed by atoms with Gasteiger partial charge in [-0.05, 0) is 24.7 Å². The molecule has 0 spiro atoms. The summed E-state index contributed by atoms with van der Waals surface area (Å²) in [5, 5.41) is 5.49. The van der Waals surface area contributed by atoms with Crippen LogP contribution in [0.25, 0.3) is 0 Å². The molecule has 2 bridgehead atoms. The number of nitrogens with one attached hydrogen (secondary N) is 2. The largest absolute Gasteiger partial charge is 0.390 e. The zero-order valence-corrected chi connectivity index (χ0v) is 17.3. The number of imide groups is 1. The number of rotatable bonds is 6. The van der Waals surface area contributed by atoms with Gasteiger partial charge in [0, 0.05) is 26.7 Å². The molecule has 3 rings (SSSR count). The highest BCUT2D eigenvalue weighted by atomic mass is 127. The van der Waals surface area contributed by atoms with Gasteiger partial charge in [0.1, 0.15) is 0 Å². The van der Waals surface area contributed by atoms with Gasteiger partial charge in [-0.2, -0.15) is 13.2 Å². The first-order valence-corrected chi connectivity index (χ1v) is 8.86. The normalized spacial score (nSPS) is 29.2. The van der Waals surface area contributed by atoms with E-state index in [1.807, 2.05) is 0 Å². The zero-order chi connectivity index (χ0) is 18.9. The number of carbonyl (C=O) groups is 2. The fraction of sp³-hybridized carbons (Fsp3) is 0.706. The Balaban J connectivity index is 0.00000261. The number of hydrogen-bond donors (Lipinski definition) is 2. The number of alkyl halides is 3. The predicted octanol–water partition coefficient (Wildman–Crippen LogP) is 1.92. The molecule has 10 heteroatoms. The number of likely N-dealkylation sites (tertiary alicyclic amines) is 1. The third-order valence-electron chi connectivity index (χ3n) is 5.34. The average Bonchev–Trinajstić information content (AvgIpc) is 3.24. The van der Waals surface area contributed by atoms with Crippen molar-refractivity contribution in [1.29, 1.82) is 0 Å². The van der Waals surface area contributed by atoms with E-state index in [2.05, 4.69) is 27.8 Å². The van der Waals surface area contributed by atoms with E-state index in [9.17, 15) is 22.8 Å². The summed E-state index contributed by atoms with van der Waals surface area (Å²) in [6, 6.07) is 0. The molecular formula is C17H24F3IN4O2. The van der Waals surface area contributed by atoms with Gasteiger partial charge in [0.2, 0.25) is 11.8 Å². The lowest BCUT2D eigenvalue weighted by Gasteiger charge is -2.18. The van der Waals surface area contributed by atoms with Crippen LogP contribution in [0.4, 0.5) is 13.2 Å². The van der Waals surface area contributed by atoms with Crippen molar-refractivity contribution in [3.05, 3.63) is 12.2 Å². The van der Waals surface area contributed by atoms with Crippen molar-refractivity contribution >= 4 is 41.8 Å². The molecule has 1 aliphatic heterocycles. The van der Waals surface area contributed by atoms with Crippen LogP contribution in [-0.2, 0) is 9.59 Å². The first-order valence-electron chi connectivity index (χ1n) is 8.86. The molecule has 1 heterocycles. The number of carbonyl (C=O) groups excluding carboxylic acids is 2. The Labute approximate surface area is 173 Å². The lowest BCUT2D eigenvalue weighted by Crippen LogP contribution is -2.41. The molecule has 4 atom stereocenters. The average molecular weight is 500 g/mol. The molecule has 0 aromatic heterocycles. The second-order valence-electron chi connectivity index (χ2n) is 6.97. The molecule has 0 radical (unpaired) electrons. The Morgan fingerprint density at radius 2 is 1.70 bits per heavy atom. The van der Waals surface area contributed by atoms with Gasteiger partial charge in [0.15, 0.2) is 5.96 Å². The molecule has 27 heavy (non-hydrogen) atoms. The number of halogens is 4. The van der Waals surface area contributed by atoms with Crippen LogP contribution in [0.2, 0.25) is 0 Å². The van der Waals surface area contributed by atoms with E-state index in [0.717, 1.165) is 6.42 Å². The fourth-order valence-electron chi connectivity index (χ4n) is 4.17. The fourth-order valence-corrected chi connectivity index (χ4v) is 4.17. The van der Waals surface area contributed by atoms with Crippen LogP contribution in [0, 0.1) is 23.7 Å². The quantitative estimate of drug-likeness (QED) is 0.146. The summed E-state index contributed by atoms with van der Waals surface area (Å²) in [5.41, 5.74) is 0. The number of amides is 2. The van der Waals surface area contributed by atoms with Crippen molar-refractivity contribution < 1.29 is 22.8 Å². The summed E-state index contributed by atoms with van der Waals surface area (Å²) in [7, 11) is 1.47. The van der Waals surface area contributed by atoms with Gasteiger partial charge in [0.25, 0.3) is 0 Å². The van der Waals surface area contributed by atoms with E-state index in [1.165, 1.54) is 11.9 Å². The summed E-state index contributed by atoms with van der Waals surface area (Å²) >= 11 is 0. The van der Waals surface area contributed by atoms with E-state index in [4.69, 9.17) is 0 Å². The van der Waals surface area contributed by atoms with Crippen molar-refractivity contribution in [2.24, 2.45) is 28.7 Å². The summed E-state index contributed by atoms with van der Waals surface area (Å²) in [5.74, 6) is 0.119. The van der Waals surface area contributed by atoms with E-state index >= 15 is 0 Å². The minimum atomic E-state index is -4.21. The van der Waals surface area contributed by atoms with Crippen LogP contribution in [0.3, 0.4) is 0 Å². The lowest BCUT2D eigenvalue weighted by molar-refractivity contribution is -0.140. The number of aliphatic imine (C=N–C) groups is 1. The van der Waals surface area contributed by atoms with Crippen molar-refractivity contribution in [3.63, 3.8) is 0 Å². The van der Waals surface area contributed by atoms with E-state index in [-0.39, 0.29) is 72.0 Å². The van der Waals surface area contributed by atoms with Crippen molar-refractivity contribution in [2.45, 2.75) is 25.4 Å². The highest BCUT2D eigenvalue weighted by Gasteiger charge is 2.58. The van der Waals surface area contributed by atoms with Gasteiger partial charge in [-0.3, -0.25) is 19.5 Å². The van der Waals surface area contributed by atoms with Crippen LogP contribution in [-0.4, -0.2) is 55.5 Å². The topological polar surface area (TPSA) is 73.8 Å². The molecule has 2 N–H and O–H groups in total. The molecule has 1 saturated carbocycles. The molecule has 2 fully saturated rings. The van der Waals surface area contributed by atoms with Crippen LogP contribution in [0.15, 0.2) is 17.1 Å². The van der Waals surface area contributed by atoms with Crippen LogP contribution in [0.1, 0.15) is 19.3 Å². The van der Waals surface area contributed by atoms with Gasteiger partial charge >= 0.3 is 6.18 Å². The van der Waals surface area contributed by atoms with Gasteiger partial charge < -0.3 is 10.6 Å². The van der Waals surface area contributed by atoms with Crippen molar-refractivity contribution in [2.75, 3.05) is 26.7 Å². The highest BCUT2D eigenvalue weighted by molar-refractivity contribution is 14.0. The maximum atomic E-state index is 12.5. The Bertz CT molecular complexity index is 608. The standard InChI is InChI=1S/C17H23F3N4O2.HI/c1-21-16(23-7-5-17(18,19)20)22-6-2-8-24-14(25)12-10-3-4-11(9-10)13(12)15(24)26;/h3-4,10-13H,2,5-9H2,1H3,(H2,21,22,23);1H. The van der Waals surface area contributed by atoms with E-state index in [1.54, 1.807) is 0 Å². The molecule has 4 unspecified atom stereocenters. The maximum absolute atomic E-state index is 12.5. The first kappa shape index (κ1) is 22.0. The molecule has 1 saturated heterocycles. The van der Waals surface area contributed by atoms with Crippen LogP contribution in [0.5, 0.6) is 0 Å². The lowest BCUT2D eigenvalue weighted by atomic mass is 9.85. The first-order chi connectivity index (χ1) is 12.3. The Hall–Kier alpha value is -1.33. The Morgan fingerprint density at radius 1 is 1.15 bits per heavy atom. The molecule has 6 nitrogen and oxygen atoms in total. The third kappa shape index (κ3) is 4.75. The number of hydrogen-bond acceptors (Lipinski definition) is 3. The van der Waals surface area contributed by atoms with Crippen LogP contribution >= 0.6 is 24.0 Å². The summed E-state index contributed by atoms with van der Waals surface area (Å²) in [4.78, 5) is 30.2. The maximum Gasteiger partial charge on any atom is 0.390 e. The second kappa shape index (κ2) is 8.78. The molecule has 152 valence electrons. The SMILES string of the molecule is CN=C(NCCCN1C(=O)C2C3C=CC(C3)C2C1=O)NCCC(F)(F)F.I. The number of allylic oxidation sites excluding steroid dienone is 2. The Morgan fingerprint density at radius 3 is 2.22 bits per heavy atom. The number of fused-ring (bicyclic) bond motifs is 5. The van der Waals surface area contributed by atoms with E-state index in [0.29, 0.717) is 19.5 Å². The molecule has 0 aromatic carbocycles. The highest BCUT2D eigenvalue weighted by Crippen LogP contribution is 2.52. The summed E-state index contributed by atoms with van der Waals surface area (Å²) in [6.45, 7) is 0.464. The van der Waals surface area contributed by atoms with Gasteiger partial charge in [0.05, 0.1) is 18.3 Å². The molecule has 0 aromatic rings. The molecule has 2 amide bonds. The van der Waals surface area contributed by atoms with Crippen molar-refractivity contribution in [3.8, 4) is 0 Å². The monoisotopic (exact) mass is 500 g/mol. The number of nitrogens with zero attached hydrogens (tertiary/aromatic N) is 2. The van der Waals surface area contributed by atoms with Crippen LogP contribution < -0.4 is 10.6 Å². The molecular weight excluding hydrogens is 476 g/mol. The van der Waals surface area contributed by atoms with Crippen molar-refractivity contribution in [1.82, 2.24) is 15.5 Å². The van der Waals surface area contributed by atoms with Gasteiger partial charge in [-0.15, -0.1) is 24.0 Å². The van der Waals surface area contributed by atoms with Gasteiger partial charge in [-0.25, -0.2) is 0 Å². The second-order valence-corrected chi connectivity index (χ2v) is 6.97. The summed E-state index contributed by atoms with van der Waals surface area (Å²) < 4.78 is 36.4. The Kier molecular flexibility index (Phi) is 7.14. The van der Waals surface area contributed by atoms with E-state index < -0.39 is 12.6 Å². The minimum Gasteiger partial charge on any atom is -0.356 e. The minimum absolute atomic E-state index is 0. The number of guanidine groups is 1. The zero-order valence-electron chi connectivity index (χ0n) is 15.0. The molecule has 3 aliphatic rings. The third-order valence-corrected chi connectivity index (χ3v) is 5.34.